The zero-order chi connectivity index (χ0) is 11.1. The summed E-state index contributed by atoms with van der Waals surface area (Å²) in [6, 6.07) is 5.35. The van der Waals surface area contributed by atoms with Gasteiger partial charge in [-0.1, -0.05) is 0 Å². The van der Waals surface area contributed by atoms with E-state index in [9.17, 15) is 10.2 Å². The van der Waals surface area contributed by atoms with E-state index in [0.29, 0.717) is 6.42 Å². The van der Waals surface area contributed by atoms with Crippen molar-refractivity contribution >= 4 is 5.69 Å². The summed E-state index contributed by atoms with van der Waals surface area (Å²) in [5.41, 5.74) is 1.51. The molecule has 2 rings (SSSR count). The maximum absolute atomic E-state index is 9.78. The van der Waals surface area contributed by atoms with Crippen LogP contribution in [0.5, 0.6) is 5.75 Å². The largest absolute Gasteiger partial charge is 0.508 e. The molecule has 3 nitrogen and oxygen atoms in total. The van der Waals surface area contributed by atoms with Crippen LogP contribution in [0.3, 0.4) is 0 Å². The molecule has 1 aliphatic heterocycles. The van der Waals surface area contributed by atoms with Crippen LogP contribution in [0.4, 0.5) is 5.69 Å². The zero-order valence-corrected chi connectivity index (χ0v) is 9.12. The Balaban J connectivity index is 2.24. The lowest BCUT2D eigenvalue weighted by atomic mass is 9.89. The molecule has 1 atom stereocenters. The molecule has 0 aromatic heterocycles. The predicted octanol–water partition coefficient (Wildman–Crippen LogP) is 2.06. The van der Waals surface area contributed by atoms with E-state index in [4.69, 9.17) is 0 Å². The maximum atomic E-state index is 9.78. The van der Waals surface area contributed by atoms with E-state index in [2.05, 4.69) is 5.32 Å². The van der Waals surface area contributed by atoms with Crippen molar-refractivity contribution in [1.82, 2.24) is 0 Å². The number of phenols is 1. The predicted molar refractivity (Wildman–Crippen MR) is 60.3 cm³/mol. The van der Waals surface area contributed by atoms with Gasteiger partial charge in [0.1, 0.15) is 5.75 Å². The molecule has 3 heteroatoms. The topological polar surface area (TPSA) is 52.5 Å². The molecule has 0 saturated heterocycles. The fraction of sp³-hybridized carbons (Fsp3) is 0.500. The summed E-state index contributed by atoms with van der Waals surface area (Å²) in [5, 5.41) is 22.5. The standard InChI is InChI=1S/C12H17NO2/c1-12(2,15)6-8-7-13-11-4-3-9(14)5-10(8)11/h3-5,8,13-15H,6-7H2,1-2H3. The number of anilines is 1. The summed E-state index contributed by atoms with van der Waals surface area (Å²) in [6.45, 7) is 4.46. The number of aromatic hydroxyl groups is 1. The third-order valence-electron chi connectivity index (χ3n) is 2.76. The summed E-state index contributed by atoms with van der Waals surface area (Å²) in [6.07, 6.45) is 0.705. The fourth-order valence-corrected chi connectivity index (χ4v) is 2.18. The number of benzene rings is 1. The molecule has 0 amide bonds. The second kappa shape index (κ2) is 3.42. The van der Waals surface area contributed by atoms with Crippen molar-refractivity contribution in [3.05, 3.63) is 23.8 Å². The van der Waals surface area contributed by atoms with Crippen molar-refractivity contribution < 1.29 is 10.2 Å². The lowest BCUT2D eigenvalue weighted by Gasteiger charge is -2.21. The Morgan fingerprint density at radius 1 is 1.47 bits per heavy atom. The summed E-state index contributed by atoms with van der Waals surface area (Å²) in [7, 11) is 0. The van der Waals surface area contributed by atoms with Crippen LogP contribution in [0, 0.1) is 0 Å². The van der Waals surface area contributed by atoms with E-state index in [0.717, 1.165) is 17.8 Å². The van der Waals surface area contributed by atoms with Gasteiger partial charge in [-0.25, -0.2) is 0 Å². The van der Waals surface area contributed by atoms with Crippen LogP contribution in [0.25, 0.3) is 0 Å². The summed E-state index contributed by atoms with van der Waals surface area (Å²) in [5.74, 6) is 0.574. The smallest absolute Gasteiger partial charge is 0.116 e. The molecule has 1 aromatic carbocycles. The first-order chi connectivity index (χ1) is 6.96. The normalized spacial score (nSPS) is 19.8. The number of aliphatic hydroxyl groups is 1. The van der Waals surface area contributed by atoms with Crippen molar-refractivity contribution in [1.29, 1.82) is 0 Å². The van der Waals surface area contributed by atoms with Gasteiger partial charge in [-0.2, -0.15) is 0 Å². The van der Waals surface area contributed by atoms with Crippen molar-refractivity contribution in [2.45, 2.75) is 31.8 Å². The Kier molecular flexibility index (Phi) is 2.35. The summed E-state index contributed by atoms with van der Waals surface area (Å²) >= 11 is 0. The van der Waals surface area contributed by atoms with Crippen LogP contribution in [0.1, 0.15) is 31.7 Å². The van der Waals surface area contributed by atoms with Crippen molar-refractivity contribution in [3.63, 3.8) is 0 Å². The van der Waals surface area contributed by atoms with Crippen LogP contribution in [-0.4, -0.2) is 22.4 Å². The van der Waals surface area contributed by atoms with Gasteiger partial charge in [-0.3, -0.25) is 0 Å². The van der Waals surface area contributed by atoms with Gasteiger partial charge in [0.2, 0.25) is 0 Å². The van der Waals surface area contributed by atoms with E-state index in [1.807, 2.05) is 19.9 Å². The quantitative estimate of drug-likeness (QED) is 0.651. The minimum absolute atomic E-state index is 0.284. The van der Waals surface area contributed by atoms with E-state index >= 15 is 0 Å². The lowest BCUT2D eigenvalue weighted by Crippen LogP contribution is -2.23. The second-order valence-corrected chi connectivity index (χ2v) is 4.87. The van der Waals surface area contributed by atoms with Crippen molar-refractivity contribution in [2.24, 2.45) is 0 Å². The van der Waals surface area contributed by atoms with E-state index in [-0.39, 0.29) is 11.7 Å². The Hall–Kier alpha value is -1.22. The molecular formula is C12H17NO2. The highest BCUT2D eigenvalue weighted by Gasteiger charge is 2.27. The molecule has 0 radical (unpaired) electrons. The second-order valence-electron chi connectivity index (χ2n) is 4.87. The van der Waals surface area contributed by atoms with Gasteiger partial charge >= 0.3 is 0 Å². The number of hydrogen-bond donors (Lipinski definition) is 3. The van der Waals surface area contributed by atoms with E-state index in [1.54, 1.807) is 12.1 Å². The lowest BCUT2D eigenvalue weighted by molar-refractivity contribution is 0.0647. The molecule has 0 aliphatic carbocycles. The third-order valence-corrected chi connectivity index (χ3v) is 2.76. The van der Waals surface area contributed by atoms with Gasteiger partial charge in [0.15, 0.2) is 0 Å². The molecule has 1 aliphatic rings. The Morgan fingerprint density at radius 3 is 2.87 bits per heavy atom. The molecule has 82 valence electrons. The molecule has 15 heavy (non-hydrogen) atoms. The average Bonchev–Trinajstić information content (AvgIpc) is 2.46. The SMILES string of the molecule is CC(C)(O)CC1CNc2ccc(O)cc21. The average molecular weight is 207 g/mol. The number of rotatable bonds is 2. The number of hydrogen-bond acceptors (Lipinski definition) is 3. The molecule has 0 spiro atoms. The minimum atomic E-state index is -0.667. The molecule has 0 bridgehead atoms. The summed E-state index contributed by atoms with van der Waals surface area (Å²) in [4.78, 5) is 0. The minimum Gasteiger partial charge on any atom is -0.508 e. The van der Waals surface area contributed by atoms with Crippen LogP contribution in [-0.2, 0) is 0 Å². The van der Waals surface area contributed by atoms with Crippen LogP contribution in [0.15, 0.2) is 18.2 Å². The molecule has 0 fully saturated rings. The molecule has 3 N–H and O–H groups in total. The van der Waals surface area contributed by atoms with Gasteiger partial charge in [0.25, 0.3) is 0 Å². The number of phenolic OH excluding ortho intramolecular Hbond substituents is 1. The first-order valence-electron chi connectivity index (χ1n) is 5.25. The van der Waals surface area contributed by atoms with Gasteiger partial charge < -0.3 is 15.5 Å². The number of fused-ring (bicyclic) bond motifs is 1. The van der Waals surface area contributed by atoms with Gasteiger partial charge in [-0.15, -0.1) is 0 Å². The first kappa shape index (κ1) is 10.3. The van der Waals surface area contributed by atoms with Crippen LogP contribution < -0.4 is 5.32 Å². The molecule has 1 heterocycles. The molecule has 0 saturated carbocycles. The zero-order valence-electron chi connectivity index (χ0n) is 9.12. The van der Waals surface area contributed by atoms with E-state index in [1.165, 1.54) is 0 Å². The monoisotopic (exact) mass is 207 g/mol. The van der Waals surface area contributed by atoms with E-state index < -0.39 is 5.60 Å². The maximum Gasteiger partial charge on any atom is 0.116 e. The van der Waals surface area contributed by atoms with Crippen molar-refractivity contribution in [3.8, 4) is 5.75 Å². The van der Waals surface area contributed by atoms with Crippen LogP contribution in [0.2, 0.25) is 0 Å². The highest BCUT2D eigenvalue weighted by molar-refractivity contribution is 5.59. The Labute approximate surface area is 89.8 Å². The summed E-state index contributed by atoms with van der Waals surface area (Å²) < 4.78 is 0. The van der Waals surface area contributed by atoms with Crippen LogP contribution >= 0.6 is 0 Å². The number of nitrogens with one attached hydrogen (secondary N) is 1. The highest BCUT2D eigenvalue weighted by atomic mass is 16.3. The van der Waals surface area contributed by atoms with Gasteiger partial charge in [0.05, 0.1) is 5.60 Å². The molecule has 1 aromatic rings. The van der Waals surface area contributed by atoms with Gasteiger partial charge in [0, 0.05) is 18.2 Å². The Morgan fingerprint density at radius 2 is 2.20 bits per heavy atom. The first-order valence-corrected chi connectivity index (χ1v) is 5.25. The molecule has 1 unspecified atom stereocenters. The van der Waals surface area contributed by atoms with Gasteiger partial charge in [-0.05, 0) is 44.0 Å². The highest BCUT2D eigenvalue weighted by Crippen LogP contribution is 2.38. The fourth-order valence-electron chi connectivity index (χ4n) is 2.18. The third kappa shape index (κ3) is 2.23. The Bertz CT molecular complexity index is 368. The van der Waals surface area contributed by atoms with Crippen molar-refractivity contribution in [2.75, 3.05) is 11.9 Å². The molecular weight excluding hydrogens is 190 g/mol.